The van der Waals surface area contributed by atoms with Crippen LogP contribution in [0.2, 0.25) is 0 Å². The van der Waals surface area contributed by atoms with E-state index in [1.165, 1.54) is 5.52 Å². The molecule has 3 aromatic carbocycles. The van der Waals surface area contributed by atoms with E-state index < -0.39 is 0 Å². The van der Waals surface area contributed by atoms with Crippen molar-refractivity contribution in [3.8, 4) is 5.75 Å². The number of unbranched alkanes of at least 4 members (excludes halogenated alkanes) is 2. The maximum atomic E-state index is 12.2. The SMILES string of the molecule is Cc1ccccc1OCCCn1c(CCCCCNC(=O)c2ccc(Br)cc2)nc2ccccc21. The number of para-hydroxylation sites is 3. The molecule has 0 aliphatic carbocycles. The van der Waals surface area contributed by atoms with Gasteiger partial charge in [0.1, 0.15) is 11.6 Å². The number of carbonyl (C=O) groups excluding carboxylic acids is 1. The lowest BCUT2D eigenvalue weighted by atomic mass is 10.1. The highest BCUT2D eigenvalue weighted by Gasteiger charge is 2.11. The van der Waals surface area contributed by atoms with Gasteiger partial charge in [0.2, 0.25) is 0 Å². The number of nitrogens with one attached hydrogen (secondary N) is 1. The first-order chi connectivity index (χ1) is 17.1. The van der Waals surface area contributed by atoms with E-state index in [9.17, 15) is 4.79 Å². The molecule has 5 nitrogen and oxygen atoms in total. The molecule has 182 valence electrons. The maximum absolute atomic E-state index is 12.2. The molecule has 1 heterocycles. The van der Waals surface area contributed by atoms with Crippen LogP contribution in [-0.2, 0) is 13.0 Å². The number of aromatic nitrogens is 2. The van der Waals surface area contributed by atoms with Crippen LogP contribution in [-0.4, -0.2) is 28.6 Å². The van der Waals surface area contributed by atoms with E-state index in [0.29, 0.717) is 18.7 Å². The minimum Gasteiger partial charge on any atom is -0.493 e. The molecule has 4 aromatic rings. The fourth-order valence-corrected chi connectivity index (χ4v) is 4.44. The van der Waals surface area contributed by atoms with Gasteiger partial charge in [-0.3, -0.25) is 4.79 Å². The Morgan fingerprint density at radius 1 is 0.943 bits per heavy atom. The zero-order chi connectivity index (χ0) is 24.5. The lowest BCUT2D eigenvalue weighted by Gasteiger charge is -2.12. The summed E-state index contributed by atoms with van der Waals surface area (Å²) in [5.41, 5.74) is 4.08. The number of aryl methyl sites for hydroxylation is 3. The van der Waals surface area contributed by atoms with Crippen LogP contribution in [0.25, 0.3) is 11.0 Å². The molecule has 0 atom stereocenters. The summed E-state index contributed by atoms with van der Waals surface area (Å²) in [5, 5.41) is 3.01. The average molecular weight is 534 g/mol. The number of nitrogens with zero attached hydrogens (tertiary/aromatic N) is 2. The number of hydrogen-bond acceptors (Lipinski definition) is 3. The maximum Gasteiger partial charge on any atom is 0.251 e. The number of ether oxygens (including phenoxy) is 1. The topological polar surface area (TPSA) is 56.1 Å². The fourth-order valence-electron chi connectivity index (χ4n) is 4.18. The van der Waals surface area contributed by atoms with E-state index in [-0.39, 0.29) is 5.91 Å². The molecule has 35 heavy (non-hydrogen) atoms. The Morgan fingerprint density at radius 3 is 2.54 bits per heavy atom. The summed E-state index contributed by atoms with van der Waals surface area (Å²) >= 11 is 3.40. The minimum atomic E-state index is -0.0211. The van der Waals surface area contributed by atoms with Gasteiger partial charge in [-0.2, -0.15) is 0 Å². The predicted octanol–water partition coefficient (Wildman–Crippen LogP) is 6.72. The summed E-state index contributed by atoms with van der Waals surface area (Å²) in [7, 11) is 0. The van der Waals surface area contributed by atoms with Crippen molar-refractivity contribution in [2.75, 3.05) is 13.2 Å². The number of carbonyl (C=O) groups is 1. The molecule has 1 aromatic heterocycles. The molecular weight excluding hydrogens is 502 g/mol. The van der Waals surface area contributed by atoms with E-state index >= 15 is 0 Å². The third kappa shape index (κ3) is 6.95. The second kappa shape index (κ2) is 12.5. The molecule has 0 saturated carbocycles. The van der Waals surface area contributed by atoms with Gasteiger partial charge in [-0.1, -0.05) is 52.7 Å². The van der Waals surface area contributed by atoms with E-state index in [4.69, 9.17) is 9.72 Å². The summed E-state index contributed by atoms with van der Waals surface area (Å²) in [6.07, 6.45) is 4.88. The highest BCUT2D eigenvalue weighted by Crippen LogP contribution is 2.20. The van der Waals surface area contributed by atoms with Crippen LogP contribution in [0.1, 0.15) is 47.4 Å². The number of benzene rings is 3. The Morgan fingerprint density at radius 2 is 1.71 bits per heavy atom. The van der Waals surface area contributed by atoms with Crippen molar-refractivity contribution in [2.24, 2.45) is 0 Å². The molecule has 0 saturated heterocycles. The van der Waals surface area contributed by atoms with Crippen LogP contribution in [0.4, 0.5) is 0 Å². The van der Waals surface area contributed by atoms with Crippen molar-refractivity contribution < 1.29 is 9.53 Å². The van der Waals surface area contributed by atoms with E-state index in [2.05, 4.69) is 57.0 Å². The average Bonchev–Trinajstić information content (AvgIpc) is 3.22. The normalized spacial score (nSPS) is 11.0. The van der Waals surface area contributed by atoms with Crippen LogP contribution >= 0.6 is 15.9 Å². The first kappa shape index (κ1) is 25.0. The van der Waals surface area contributed by atoms with Crippen molar-refractivity contribution in [1.82, 2.24) is 14.9 Å². The zero-order valence-electron chi connectivity index (χ0n) is 20.2. The first-order valence-corrected chi connectivity index (χ1v) is 13.1. The third-order valence-electron chi connectivity index (χ3n) is 6.08. The smallest absolute Gasteiger partial charge is 0.251 e. The Labute approximate surface area is 215 Å². The summed E-state index contributed by atoms with van der Waals surface area (Å²) in [5.74, 6) is 2.06. The highest BCUT2D eigenvalue weighted by atomic mass is 79.9. The number of halogens is 1. The van der Waals surface area contributed by atoms with Gasteiger partial charge in [0.05, 0.1) is 17.6 Å². The first-order valence-electron chi connectivity index (χ1n) is 12.3. The van der Waals surface area contributed by atoms with Gasteiger partial charge in [-0.25, -0.2) is 4.98 Å². The second-order valence-electron chi connectivity index (χ2n) is 8.71. The van der Waals surface area contributed by atoms with E-state index in [1.54, 1.807) is 0 Å². The number of fused-ring (bicyclic) bond motifs is 1. The molecule has 0 aliphatic heterocycles. The summed E-state index contributed by atoms with van der Waals surface area (Å²) in [6, 6.07) is 23.9. The molecule has 0 bridgehead atoms. The third-order valence-corrected chi connectivity index (χ3v) is 6.61. The van der Waals surface area contributed by atoms with E-state index in [1.807, 2.05) is 48.5 Å². The molecule has 4 rings (SSSR count). The van der Waals surface area contributed by atoms with Crippen molar-refractivity contribution in [3.05, 3.63) is 94.2 Å². The summed E-state index contributed by atoms with van der Waals surface area (Å²) < 4.78 is 9.31. The Bertz CT molecular complexity index is 1250. The fraction of sp³-hybridized carbons (Fsp3) is 0.310. The highest BCUT2D eigenvalue weighted by molar-refractivity contribution is 9.10. The van der Waals surface area contributed by atoms with Crippen molar-refractivity contribution >= 4 is 32.9 Å². The largest absolute Gasteiger partial charge is 0.493 e. The summed E-state index contributed by atoms with van der Waals surface area (Å²) in [4.78, 5) is 17.1. The number of hydrogen-bond donors (Lipinski definition) is 1. The predicted molar refractivity (Wildman–Crippen MR) is 145 cm³/mol. The van der Waals surface area contributed by atoms with Crippen LogP contribution < -0.4 is 10.1 Å². The van der Waals surface area contributed by atoms with Gasteiger partial charge >= 0.3 is 0 Å². The lowest BCUT2D eigenvalue weighted by molar-refractivity contribution is 0.0953. The molecule has 1 N–H and O–H groups in total. The van der Waals surface area contributed by atoms with Crippen LogP contribution in [0.15, 0.2) is 77.3 Å². The Kier molecular flexibility index (Phi) is 8.96. The monoisotopic (exact) mass is 533 g/mol. The number of imidazole rings is 1. The van der Waals surface area contributed by atoms with Crippen molar-refractivity contribution in [2.45, 2.75) is 45.6 Å². The van der Waals surface area contributed by atoms with Gasteiger partial charge in [0, 0.05) is 29.5 Å². The Balaban J connectivity index is 1.24. The molecule has 0 radical (unpaired) electrons. The number of rotatable bonds is 12. The molecule has 0 unspecified atom stereocenters. The molecule has 1 amide bonds. The quantitative estimate of drug-likeness (QED) is 0.205. The molecule has 0 spiro atoms. The van der Waals surface area contributed by atoms with Crippen LogP contribution in [0.3, 0.4) is 0 Å². The second-order valence-corrected chi connectivity index (χ2v) is 9.63. The van der Waals surface area contributed by atoms with E-state index in [0.717, 1.165) is 65.8 Å². The van der Waals surface area contributed by atoms with Gasteiger partial charge in [0.25, 0.3) is 5.91 Å². The summed E-state index contributed by atoms with van der Waals surface area (Å²) in [6.45, 7) is 4.31. The number of amides is 1. The van der Waals surface area contributed by atoms with Gasteiger partial charge in [-0.05, 0) is 74.2 Å². The molecule has 0 fully saturated rings. The molecule has 0 aliphatic rings. The van der Waals surface area contributed by atoms with Gasteiger partial charge in [0.15, 0.2) is 0 Å². The van der Waals surface area contributed by atoms with Crippen molar-refractivity contribution in [3.63, 3.8) is 0 Å². The zero-order valence-corrected chi connectivity index (χ0v) is 21.8. The van der Waals surface area contributed by atoms with Crippen LogP contribution in [0, 0.1) is 6.92 Å². The standard InChI is InChI=1S/C29H32BrN3O2/c1-22-10-4-7-13-27(22)35-21-9-20-33-26-12-6-5-11-25(26)32-28(33)14-3-2-8-19-31-29(34)23-15-17-24(30)18-16-23/h4-7,10-13,15-18H,2-3,8-9,14,19-21H2,1H3,(H,31,34). The molecular formula is C29H32BrN3O2. The van der Waals surface area contributed by atoms with Crippen molar-refractivity contribution in [1.29, 1.82) is 0 Å². The minimum absolute atomic E-state index is 0.0211. The Hall–Kier alpha value is -3.12. The lowest BCUT2D eigenvalue weighted by Crippen LogP contribution is -2.24. The molecule has 6 heteroatoms. The van der Waals surface area contributed by atoms with Gasteiger partial charge in [-0.15, -0.1) is 0 Å². The van der Waals surface area contributed by atoms with Crippen LogP contribution in [0.5, 0.6) is 5.75 Å². The van der Waals surface area contributed by atoms with Gasteiger partial charge < -0.3 is 14.6 Å².